The second-order valence-electron chi connectivity index (χ2n) is 6.99. The van der Waals surface area contributed by atoms with E-state index >= 15 is 0 Å². The molecule has 3 rings (SSSR count). The molecule has 1 saturated carbocycles. The fraction of sp³-hybridized carbons (Fsp3) is 0.500. The van der Waals surface area contributed by atoms with Crippen molar-refractivity contribution in [2.45, 2.75) is 64.2 Å². The highest BCUT2D eigenvalue weighted by Gasteiger charge is 2.20. The first kappa shape index (κ1) is 18.5. The number of fused-ring (bicyclic) bond motifs is 1. The van der Waals surface area contributed by atoms with Crippen LogP contribution in [0.3, 0.4) is 0 Å². The third kappa shape index (κ3) is 4.64. The molecule has 6 nitrogen and oxygen atoms in total. The van der Waals surface area contributed by atoms with Crippen LogP contribution in [0.2, 0.25) is 0 Å². The molecule has 0 bridgehead atoms. The lowest BCUT2D eigenvalue weighted by atomic mass is 10.1. The first-order valence-corrected chi connectivity index (χ1v) is 9.30. The van der Waals surface area contributed by atoms with E-state index in [-0.39, 0.29) is 18.6 Å². The molecule has 2 N–H and O–H groups in total. The fourth-order valence-electron chi connectivity index (χ4n) is 3.53. The molecular formula is C20H26N2O4. The number of amides is 1. The summed E-state index contributed by atoms with van der Waals surface area (Å²) in [6, 6.07) is 7.31. The number of rotatable bonds is 6. The van der Waals surface area contributed by atoms with Gasteiger partial charge in [0.25, 0.3) is 5.91 Å². The van der Waals surface area contributed by atoms with E-state index in [1.54, 1.807) is 23.8 Å². The summed E-state index contributed by atoms with van der Waals surface area (Å²) < 4.78 is 7.63. The smallest absolute Gasteiger partial charge is 0.323 e. The number of carboxylic acids is 1. The molecule has 6 heteroatoms. The summed E-state index contributed by atoms with van der Waals surface area (Å²) in [6.07, 6.45) is 8.32. The highest BCUT2D eigenvalue weighted by Crippen LogP contribution is 2.23. The number of nitrogens with zero attached hydrogens (tertiary/aromatic N) is 1. The predicted octanol–water partition coefficient (Wildman–Crippen LogP) is 3.79. The average Bonchev–Trinajstić information content (AvgIpc) is 2.81. The van der Waals surface area contributed by atoms with E-state index in [0.717, 1.165) is 23.7 Å². The summed E-state index contributed by atoms with van der Waals surface area (Å²) in [4.78, 5) is 23.3. The van der Waals surface area contributed by atoms with Crippen molar-refractivity contribution >= 4 is 28.5 Å². The SMILES string of the molecule is CC(OC1CCCCCC1)C(=O)Nc1ccc2c(ccn2CC(=O)O)c1. The monoisotopic (exact) mass is 358 g/mol. The van der Waals surface area contributed by atoms with Gasteiger partial charge in [0, 0.05) is 22.8 Å². The maximum absolute atomic E-state index is 12.4. The van der Waals surface area contributed by atoms with E-state index in [0.29, 0.717) is 5.69 Å². The van der Waals surface area contributed by atoms with E-state index in [1.807, 2.05) is 18.2 Å². The lowest BCUT2D eigenvalue weighted by Gasteiger charge is -2.20. The Morgan fingerprint density at radius 2 is 1.96 bits per heavy atom. The third-order valence-corrected chi connectivity index (χ3v) is 4.91. The van der Waals surface area contributed by atoms with Crippen LogP contribution in [0.25, 0.3) is 10.9 Å². The van der Waals surface area contributed by atoms with Crippen LogP contribution in [-0.4, -0.2) is 33.8 Å². The first-order valence-electron chi connectivity index (χ1n) is 9.30. The molecule has 1 atom stereocenters. The number of anilines is 1. The largest absolute Gasteiger partial charge is 0.480 e. The van der Waals surface area contributed by atoms with Crippen molar-refractivity contribution < 1.29 is 19.4 Å². The Kier molecular flexibility index (Phi) is 5.93. The molecule has 1 heterocycles. The van der Waals surface area contributed by atoms with Gasteiger partial charge in [0.05, 0.1) is 6.10 Å². The van der Waals surface area contributed by atoms with Crippen LogP contribution in [0.15, 0.2) is 30.5 Å². The highest BCUT2D eigenvalue weighted by atomic mass is 16.5. The van der Waals surface area contributed by atoms with Crippen LogP contribution in [0, 0.1) is 0 Å². The Morgan fingerprint density at radius 3 is 2.65 bits per heavy atom. The van der Waals surface area contributed by atoms with E-state index in [1.165, 1.54) is 25.7 Å². The van der Waals surface area contributed by atoms with Gasteiger partial charge in [-0.05, 0) is 44.0 Å². The zero-order chi connectivity index (χ0) is 18.5. The zero-order valence-electron chi connectivity index (χ0n) is 15.1. The normalized spacial score (nSPS) is 17.0. The van der Waals surface area contributed by atoms with Gasteiger partial charge < -0.3 is 19.7 Å². The van der Waals surface area contributed by atoms with Crippen LogP contribution < -0.4 is 5.32 Å². The quantitative estimate of drug-likeness (QED) is 0.770. The number of nitrogens with one attached hydrogen (secondary N) is 1. The summed E-state index contributed by atoms with van der Waals surface area (Å²) in [7, 11) is 0. The van der Waals surface area contributed by atoms with E-state index < -0.39 is 12.1 Å². The second-order valence-corrected chi connectivity index (χ2v) is 6.99. The molecule has 0 aliphatic heterocycles. The molecule has 1 amide bonds. The van der Waals surface area contributed by atoms with E-state index in [4.69, 9.17) is 9.84 Å². The van der Waals surface area contributed by atoms with Crippen molar-refractivity contribution in [3.63, 3.8) is 0 Å². The number of hydrogen-bond acceptors (Lipinski definition) is 3. The van der Waals surface area contributed by atoms with Gasteiger partial charge in [0.2, 0.25) is 0 Å². The van der Waals surface area contributed by atoms with Crippen molar-refractivity contribution in [3.8, 4) is 0 Å². The lowest BCUT2D eigenvalue weighted by molar-refractivity contribution is -0.137. The molecule has 1 aromatic carbocycles. The summed E-state index contributed by atoms with van der Waals surface area (Å²) in [5.41, 5.74) is 1.51. The third-order valence-electron chi connectivity index (χ3n) is 4.91. The number of carbonyl (C=O) groups is 2. The lowest BCUT2D eigenvalue weighted by Crippen LogP contribution is -2.31. The van der Waals surface area contributed by atoms with Crippen molar-refractivity contribution in [3.05, 3.63) is 30.5 Å². The Hall–Kier alpha value is -2.34. The van der Waals surface area contributed by atoms with Crippen molar-refractivity contribution in [2.24, 2.45) is 0 Å². The van der Waals surface area contributed by atoms with Crippen LogP contribution in [0.4, 0.5) is 5.69 Å². The standard InChI is InChI=1S/C20H26N2O4/c1-14(26-17-6-4-2-3-5-7-17)20(25)21-16-8-9-18-15(12-16)10-11-22(18)13-19(23)24/h8-12,14,17H,2-7,13H2,1H3,(H,21,25)(H,23,24). The van der Waals surface area contributed by atoms with Gasteiger partial charge in [-0.3, -0.25) is 9.59 Å². The van der Waals surface area contributed by atoms with E-state index in [2.05, 4.69) is 5.32 Å². The minimum absolute atomic E-state index is 0.0819. The van der Waals surface area contributed by atoms with Crippen LogP contribution >= 0.6 is 0 Å². The van der Waals surface area contributed by atoms with E-state index in [9.17, 15) is 9.59 Å². The molecule has 0 spiro atoms. The van der Waals surface area contributed by atoms with Gasteiger partial charge in [0.1, 0.15) is 12.6 Å². The van der Waals surface area contributed by atoms with Gasteiger partial charge >= 0.3 is 5.97 Å². The molecule has 140 valence electrons. The molecule has 1 aliphatic rings. The average molecular weight is 358 g/mol. The maximum Gasteiger partial charge on any atom is 0.323 e. The zero-order valence-corrected chi connectivity index (χ0v) is 15.1. The molecule has 0 saturated heterocycles. The van der Waals surface area contributed by atoms with Crippen molar-refractivity contribution in [1.82, 2.24) is 4.57 Å². The van der Waals surface area contributed by atoms with Crippen LogP contribution in [-0.2, 0) is 20.9 Å². The summed E-state index contributed by atoms with van der Waals surface area (Å²) in [6.45, 7) is 1.71. The molecule has 1 fully saturated rings. The molecular weight excluding hydrogens is 332 g/mol. The number of benzene rings is 1. The topological polar surface area (TPSA) is 80.6 Å². The summed E-state index contributed by atoms with van der Waals surface area (Å²) in [5.74, 6) is -1.04. The minimum atomic E-state index is -0.885. The van der Waals surface area contributed by atoms with Gasteiger partial charge in [-0.2, -0.15) is 0 Å². The minimum Gasteiger partial charge on any atom is -0.480 e. The molecule has 1 aromatic heterocycles. The van der Waals surface area contributed by atoms with Gasteiger partial charge in [-0.1, -0.05) is 25.7 Å². The Morgan fingerprint density at radius 1 is 1.23 bits per heavy atom. The number of ether oxygens (including phenoxy) is 1. The number of aliphatic carboxylic acids is 1. The van der Waals surface area contributed by atoms with Gasteiger partial charge in [-0.15, -0.1) is 0 Å². The highest BCUT2D eigenvalue weighted by molar-refractivity contribution is 5.96. The molecule has 26 heavy (non-hydrogen) atoms. The summed E-state index contributed by atoms with van der Waals surface area (Å²) >= 11 is 0. The molecule has 0 radical (unpaired) electrons. The van der Waals surface area contributed by atoms with Gasteiger partial charge in [-0.25, -0.2) is 0 Å². The molecule has 1 aliphatic carbocycles. The van der Waals surface area contributed by atoms with Crippen LogP contribution in [0.5, 0.6) is 0 Å². The van der Waals surface area contributed by atoms with Gasteiger partial charge in [0.15, 0.2) is 0 Å². The van der Waals surface area contributed by atoms with Crippen molar-refractivity contribution in [2.75, 3.05) is 5.32 Å². The molecule has 1 unspecified atom stereocenters. The maximum atomic E-state index is 12.4. The first-order chi connectivity index (χ1) is 12.5. The number of hydrogen-bond donors (Lipinski definition) is 2. The summed E-state index contributed by atoms with van der Waals surface area (Å²) in [5, 5.41) is 12.7. The number of aromatic nitrogens is 1. The van der Waals surface area contributed by atoms with Crippen LogP contribution in [0.1, 0.15) is 45.4 Å². The molecule has 2 aromatic rings. The Bertz CT molecular complexity index is 775. The number of carboxylic acid groups (broad SMARTS) is 1. The van der Waals surface area contributed by atoms with Crippen molar-refractivity contribution in [1.29, 1.82) is 0 Å². The predicted molar refractivity (Wildman–Crippen MR) is 100 cm³/mol. The number of carbonyl (C=O) groups excluding carboxylic acids is 1. The fourth-order valence-corrected chi connectivity index (χ4v) is 3.53. The Labute approximate surface area is 153 Å². The second kappa shape index (κ2) is 8.36. The Balaban J connectivity index is 1.62.